The van der Waals surface area contributed by atoms with Crippen molar-refractivity contribution in [2.24, 2.45) is 0 Å². The number of nitrogens with one attached hydrogen (secondary N) is 1. The van der Waals surface area contributed by atoms with Gasteiger partial charge in [-0.3, -0.25) is 0 Å². The minimum atomic E-state index is -1.20. The number of rotatable bonds is 8. The lowest BCUT2D eigenvalue weighted by Crippen LogP contribution is -2.17. The summed E-state index contributed by atoms with van der Waals surface area (Å²) in [5.41, 5.74) is 3.26. The summed E-state index contributed by atoms with van der Waals surface area (Å²) in [6.07, 6.45) is 7.17. The zero-order chi connectivity index (χ0) is 21.7. The molecule has 1 N–H and O–H groups in total. The number of aromatic nitrogens is 2. The number of fused-ring (bicyclic) bond motifs is 1. The maximum atomic E-state index is 4.79. The molecule has 0 radical (unpaired) electrons. The Morgan fingerprint density at radius 2 is 1.77 bits per heavy atom. The van der Waals surface area contributed by atoms with Gasteiger partial charge in [-0.25, -0.2) is 9.97 Å². The Morgan fingerprint density at radius 1 is 1.03 bits per heavy atom. The molecule has 1 aromatic heterocycles. The Morgan fingerprint density at radius 3 is 2.43 bits per heavy atom. The second-order valence-electron chi connectivity index (χ2n) is 8.21. The van der Waals surface area contributed by atoms with E-state index < -0.39 is 9.21 Å². The van der Waals surface area contributed by atoms with Crippen molar-refractivity contribution in [3.63, 3.8) is 0 Å². The number of anilines is 1. The van der Waals surface area contributed by atoms with Crippen molar-refractivity contribution in [1.29, 1.82) is 0 Å². The average Bonchev–Trinajstić information content (AvgIpc) is 2.69. The molecule has 0 saturated carbocycles. The fraction of sp³-hybridized carbons (Fsp3) is 0.280. The van der Waals surface area contributed by atoms with Crippen molar-refractivity contribution in [2.75, 3.05) is 38.8 Å². The summed E-state index contributed by atoms with van der Waals surface area (Å²) in [6.45, 7) is 4.01. The summed E-state index contributed by atoms with van der Waals surface area (Å²) in [7, 11) is 2.99. The van der Waals surface area contributed by atoms with Crippen LogP contribution < -0.4 is 5.32 Å². The summed E-state index contributed by atoms with van der Waals surface area (Å²) in [6, 6.07) is 14.7. The molecule has 0 unspecified atom stereocenters. The summed E-state index contributed by atoms with van der Waals surface area (Å²) < 4.78 is 0. The van der Waals surface area contributed by atoms with Gasteiger partial charge in [0.2, 0.25) is 0 Å². The summed E-state index contributed by atoms with van der Waals surface area (Å²) in [5.74, 6) is 9.95. The maximum absolute atomic E-state index is 4.79. The van der Waals surface area contributed by atoms with Crippen LogP contribution in [-0.4, -0.2) is 60.0 Å². The van der Waals surface area contributed by atoms with E-state index in [2.05, 4.69) is 91.7 Å². The molecule has 2 aromatic carbocycles. The zero-order valence-corrected chi connectivity index (χ0v) is 19.3. The van der Waals surface area contributed by atoms with Crippen molar-refractivity contribution in [1.82, 2.24) is 14.9 Å². The van der Waals surface area contributed by atoms with E-state index in [-0.39, 0.29) is 0 Å². The molecule has 0 aliphatic rings. The molecule has 0 amide bonds. The normalized spacial score (nSPS) is 12.2. The first kappa shape index (κ1) is 22.1. The van der Waals surface area contributed by atoms with Gasteiger partial charge < -0.3 is 10.2 Å². The predicted octanol–water partition coefficient (Wildman–Crippen LogP) is 5.13. The van der Waals surface area contributed by atoms with E-state index in [1.165, 1.54) is 10.5 Å². The van der Waals surface area contributed by atoms with Crippen LogP contribution in [0.4, 0.5) is 5.82 Å². The number of benzene rings is 2. The van der Waals surface area contributed by atoms with E-state index in [0.717, 1.165) is 41.8 Å². The first-order valence-electron chi connectivity index (χ1n) is 10.1. The van der Waals surface area contributed by atoms with Crippen molar-refractivity contribution in [3.8, 4) is 0 Å². The molecule has 3 rings (SSSR count). The van der Waals surface area contributed by atoms with Gasteiger partial charge in [0.25, 0.3) is 0 Å². The quantitative estimate of drug-likeness (QED) is 0.405. The minimum Gasteiger partial charge on any atom is -0.369 e. The van der Waals surface area contributed by atoms with Gasteiger partial charge in [0.1, 0.15) is 5.82 Å². The lowest BCUT2D eigenvalue weighted by molar-refractivity contribution is 0.405. The van der Waals surface area contributed by atoms with Gasteiger partial charge in [0.15, 0.2) is 5.82 Å². The highest BCUT2D eigenvalue weighted by Gasteiger charge is 2.07. The number of aryl methyl sites for hydroxylation is 1. The summed E-state index contributed by atoms with van der Waals surface area (Å²) in [4.78, 5) is 12.9. The van der Waals surface area contributed by atoms with E-state index in [0.29, 0.717) is 5.82 Å². The first-order chi connectivity index (χ1) is 14.2. The molecular weight excluding hydrogens is 388 g/mol. The zero-order valence-electron chi connectivity index (χ0n) is 18.5. The van der Waals surface area contributed by atoms with Gasteiger partial charge in [0, 0.05) is 11.9 Å². The number of hydrogen-bond acceptors (Lipinski definition) is 4. The van der Waals surface area contributed by atoms with Gasteiger partial charge in [-0.05, 0) is 81.0 Å². The molecule has 3 aromatic rings. The molecule has 0 saturated heterocycles. The highest BCUT2D eigenvalue weighted by atomic mass is 32.2. The van der Waals surface area contributed by atoms with E-state index >= 15 is 0 Å². The second-order valence-corrected chi connectivity index (χ2v) is 11.2. The lowest BCUT2D eigenvalue weighted by Gasteiger charge is -2.12. The van der Waals surface area contributed by atoms with Crippen LogP contribution in [-0.2, 0) is 0 Å². The van der Waals surface area contributed by atoms with Crippen LogP contribution >= 0.6 is 9.21 Å². The molecular formula is C25H32N4S. The van der Waals surface area contributed by atoms with Gasteiger partial charge in [-0.15, -0.1) is 0 Å². The van der Waals surface area contributed by atoms with Crippen molar-refractivity contribution in [2.45, 2.75) is 18.2 Å². The Kier molecular flexibility index (Phi) is 6.95. The maximum Gasteiger partial charge on any atom is 0.154 e. The molecule has 5 heteroatoms. The molecule has 0 aliphatic carbocycles. The third kappa shape index (κ3) is 5.94. The molecule has 4 nitrogen and oxygen atoms in total. The van der Waals surface area contributed by atoms with E-state index in [1.807, 2.05) is 12.2 Å². The Balaban J connectivity index is 1.86. The third-order valence-electron chi connectivity index (χ3n) is 4.82. The smallest absolute Gasteiger partial charge is 0.154 e. The predicted molar refractivity (Wildman–Crippen MR) is 137 cm³/mol. The Labute approximate surface area is 181 Å². The average molecular weight is 421 g/mol. The van der Waals surface area contributed by atoms with Gasteiger partial charge in [0.05, 0.1) is 5.52 Å². The van der Waals surface area contributed by atoms with Crippen molar-refractivity contribution >= 4 is 49.8 Å². The summed E-state index contributed by atoms with van der Waals surface area (Å²) >= 11 is 0. The summed E-state index contributed by atoms with van der Waals surface area (Å²) in [5, 5.41) is 4.57. The third-order valence-corrected chi connectivity index (χ3v) is 6.23. The lowest BCUT2D eigenvalue weighted by atomic mass is 10.1. The standard InChI is InChI=1S/C25H32N4S/c1-19-8-14-23-22(18-19)25(26-16-7-17-29(2)3)28-24(27-23)15-11-20-9-12-21(13-10-20)30(4,5)6/h8-15,18H,4-5,7,16-17H2,1-3,6H3,(H,26,27,28)/b15-11+. The highest BCUT2D eigenvalue weighted by molar-refractivity contribution is 8.27. The van der Waals surface area contributed by atoms with Crippen LogP contribution in [0.2, 0.25) is 0 Å². The second kappa shape index (κ2) is 9.45. The molecule has 1 heterocycles. The van der Waals surface area contributed by atoms with Crippen LogP contribution in [0.5, 0.6) is 0 Å². The SMILES string of the molecule is C=S(=C)(C)c1ccc(/C=C/c2nc(NCCCN(C)C)c3cc(C)ccc3n2)cc1. The molecule has 158 valence electrons. The fourth-order valence-corrected chi connectivity index (χ4v) is 3.94. The number of nitrogens with zero attached hydrogens (tertiary/aromatic N) is 3. The largest absolute Gasteiger partial charge is 0.369 e. The molecule has 0 spiro atoms. The monoisotopic (exact) mass is 420 g/mol. The minimum absolute atomic E-state index is 0.704. The van der Waals surface area contributed by atoms with Crippen LogP contribution in [0.25, 0.3) is 23.1 Å². The molecule has 30 heavy (non-hydrogen) atoms. The molecule has 0 aliphatic heterocycles. The first-order valence-corrected chi connectivity index (χ1v) is 12.5. The van der Waals surface area contributed by atoms with Crippen LogP contribution in [0.3, 0.4) is 0 Å². The fourth-order valence-electron chi connectivity index (χ4n) is 3.15. The van der Waals surface area contributed by atoms with Gasteiger partial charge in [-0.1, -0.05) is 41.6 Å². The van der Waals surface area contributed by atoms with Gasteiger partial charge >= 0.3 is 0 Å². The Bertz CT molecular complexity index is 1140. The molecule has 0 bridgehead atoms. The topological polar surface area (TPSA) is 41.1 Å². The van der Waals surface area contributed by atoms with Crippen LogP contribution in [0, 0.1) is 6.92 Å². The van der Waals surface area contributed by atoms with Crippen LogP contribution in [0.15, 0.2) is 47.4 Å². The van der Waals surface area contributed by atoms with E-state index in [9.17, 15) is 0 Å². The van der Waals surface area contributed by atoms with Gasteiger partial charge in [-0.2, -0.15) is 9.21 Å². The van der Waals surface area contributed by atoms with Crippen molar-refractivity contribution < 1.29 is 0 Å². The molecule has 0 atom stereocenters. The van der Waals surface area contributed by atoms with Crippen molar-refractivity contribution in [3.05, 3.63) is 59.4 Å². The van der Waals surface area contributed by atoms with E-state index in [1.54, 1.807) is 0 Å². The highest BCUT2D eigenvalue weighted by Crippen LogP contribution is 2.28. The Hall–Kier alpha value is -2.63. The molecule has 0 fully saturated rings. The van der Waals surface area contributed by atoms with E-state index in [4.69, 9.17) is 9.97 Å². The number of hydrogen-bond donors (Lipinski definition) is 1. The van der Waals surface area contributed by atoms with Crippen LogP contribution in [0.1, 0.15) is 23.4 Å².